The topological polar surface area (TPSA) is 91.4 Å². The number of hydrogen-bond acceptors (Lipinski definition) is 5. The minimum absolute atomic E-state index is 0.180. The van der Waals surface area contributed by atoms with Crippen LogP contribution in [0.5, 0.6) is 0 Å². The van der Waals surface area contributed by atoms with E-state index in [1.165, 1.54) is 20.1 Å². The molecule has 7 nitrogen and oxygen atoms in total. The lowest BCUT2D eigenvalue weighted by Crippen LogP contribution is -2.32. The van der Waals surface area contributed by atoms with Crippen molar-refractivity contribution in [2.24, 2.45) is 0 Å². The molecule has 0 radical (unpaired) electrons. The van der Waals surface area contributed by atoms with Crippen LogP contribution in [-0.2, 0) is 9.53 Å². The third kappa shape index (κ3) is 2.88. The number of ether oxygens (including phenoxy) is 1. The van der Waals surface area contributed by atoms with Gasteiger partial charge in [0.05, 0.1) is 18.2 Å². The van der Waals surface area contributed by atoms with E-state index in [2.05, 4.69) is 0 Å². The molecule has 2 aromatic rings. The van der Waals surface area contributed by atoms with Gasteiger partial charge < -0.3 is 4.74 Å². The Morgan fingerprint density at radius 2 is 1.95 bits per heavy atom. The molecule has 0 amide bonds. The number of aromatic nitrogens is 1. The van der Waals surface area contributed by atoms with E-state index in [0.29, 0.717) is 5.56 Å². The first-order valence-electron chi connectivity index (χ1n) is 6.45. The average Bonchev–Trinajstić information content (AvgIpc) is 2.52. The van der Waals surface area contributed by atoms with Gasteiger partial charge in [0.1, 0.15) is 0 Å². The van der Waals surface area contributed by atoms with Crippen molar-refractivity contribution in [3.8, 4) is 0 Å². The van der Waals surface area contributed by atoms with Crippen LogP contribution >= 0.6 is 0 Å². The summed E-state index contributed by atoms with van der Waals surface area (Å²) in [5.41, 5.74) is -0.0535. The Balaban J connectivity index is 2.70. The first kappa shape index (κ1) is 15.4. The smallest absolute Gasteiger partial charge is 0.333 e. The Hall–Kier alpha value is -2.96. The van der Waals surface area contributed by atoms with Crippen LogP contribution in [0.1, 0.15) is 17.2 Å². The van der Waals surface area contributed by atoms with Crippen molar-refractivity contribution in [3.63, 3.8) is 0 Å². The molecule has 22 heavy (non-hydrogen) atoms. The van der Waals surface area contributed by atoms with Crippen LogP contribution in [-0.4, -0.2) is 22.6 Å². The van der Waals surface area contributed by atoms with E-state index < -0.39 is 22.5 Å². The Bertz CT molecular complexity index is 767. The molecule has 0 saturated carbocycles. The van der Waals surface area contributed by atoms with E-state index in [-0.39, 0.29) is 11.3 Å². The highest BCUT2D eigenvalue weighted by Crippen LogP contribution is 2.21. The number of aryl methyl sites for hydroxylation is 1. The highest BCUT2D eigenvalue weighted by Gasteiger charge is 2.26. The molecule has 1 unspecified atom stereocenters. The number of carbonyl (C=O) groups is 1. The van der Waals surface area contributed by atoms with Gasteiger partial charge in [0.2, 0.25) is 0 Å². The lowest BCUT2D eigenvalue weighted by molar-refractivity contribution is -0.385. The SMILES string of the molecule is COC(=O)C(c1ccccc1)n1cc([N+](=O)[O-])cc(C)c1=O. The predicted molar refractivity (Wildman–Crippen MR) is 78.7 cm³/mol. The number of esters is 1. The van der Waals surface area contributed by atoms with E-state index in [1.54, 1.807) is 30.3 Å². The maximum absolute atomic E-state index is 12.3. The second-order valence-electron chi connectivity index (χ2n) is 4.69. The van der Waals surface area contributed by atoms with Crippen molar-refractivity contribution in [3.05, 3.63) is 74.2 Å². The molecule has 1 atom stereocenters. The summed E-state index contributed by atoms with van der Waals surface area (Å²) in [6, 6.07) is 8.60. The molecule has 1 aromatic carbocycles. The zero-order valence-corrected chi connectivity index (χ0v) is 12.1. The van der Waals surface area contributed by atoms with Crippen molar-refractivity contribution in [2.75, 3.05) is 7.11 Å². The van der Waals surface area contributed by atoms with Gasteiger partial charge in [-0.1, -0.05) is 30.3 Å². The van der Waals surface area contributed by atoms with Crippen molar-refractivity contribution in [2.45, 2.75) is 13.0 Å². The fourth-order valence-corrected chi connectivity index (χ4v) is 2.17. The van der Waals surface area contributed by atoms with Gasteiger partial charge in [0.25, 0.3) is 11.2 Å². The first-order chi connectivity index (χ1) is 10.5. The molecule has 0 aliphatic rings. The van der Waals surface area contributed by atoms with E-state index in [4.69, 9.17) is 4.74 Å². The molecular weight excluding hydrogens is 288 g/mol. The van der Waals surface area contributed by atoms with Crippen LogP contribution in [0.2, 0.25) is 0 Å². The minimum Gasteiger partial charge on any atom is -0.467 e. The normalized spacial score (nSPS) is 11.7. The molecule has 114 valence electrons. The summed E-state index contributed by atoms with van der Waals surface area (Å²) >= 11 is 0. The Morgan fingerprint density at radius 3 is 2.50 bits per heavy atom. The van der Waals surface area contributed by atoms with Gasteiger partial charge in [0.15, 0.2) is 6.04 Å². The zero-order chi connectivity index (χ0) is 16.3. The quantitative estimate of drug-likeness (QED) is 0.488. The van der Waals surface area contributed by atoms with Crippen LogP contribution in [0.15, 0.2) is 47.4 Å². The Kier molecular flexibility index (Phi) is 4.36. The van der Waals surface area contributed by atoms with Gasteiger partial charge in [-0.05, 0) is 12.5 Å². The van der Waals surface area contributed by atoms with Gasteiger partial charge in [-0.2, -0.15) is 0 Å². The fourth-order valence-electron chi connectivity index (χ4n) is 2.17. The second-order valence-corrected chi connectivity index (χ2v) is 4.69. The van der Waals surface area contributed by atoms with Gasteiger partial charge >= 0.3 is 5.97 Å². The van der Waals surface area contributed by atoms with Crippen LogP contribution < -0.4 is 5.56 Å². The van der Waals surface area contributed by atoms with Gasteiger partial charge in [-0.15, -0.1) is 0 Å². The molecule has 0 bridgehead atoms. The predicted octanol–water partition coefficient (Wildman–Crippen LogP) is 1.83. The van der Waals surface area contributed by atoms with Crippen LogP contribution in [0.25, 0.3) is 0 Å². The summed E-state index contributed by atoms with van der Waals surface area (Å²) in [5.74, 6) is -0.673. The molecule has 0 saturated heterocycles. The highest BCUT2D eigenvalue weighted by atomic mass is 16.6. The number of methoxy groups -OCH3 is 1. The molecule has 0 aliphatic carbocycles. The average molecular weight is 302 g/mol. The summed E-state index contributed by atoms with van der Waals surface area (Å²) < 4.78 is 5.78. The number of rotatable bonds is 4. The molecule has 0 aliphatic heterocycles. The third-order valence-electron chi connectivity index (χ3n) is 3.24. The molecular formula is C15H14N2O5. The summed E-state index contributed by atoms with van der Waals surface area (Å²) in [4.78, 5) is 34.8. The number of pyridine rings is 1. The summed E-state index contributed by atoms with van der Waals surface area (Å²) in [6.07, 6.45) is 1.06. The van der Waals surface area contributed by atoms with Crippen LogP contribution in [0.3, 0.4) is 0 Å². The number of carbonyl (C=O) groups excluding carboxylic acids is 1. The molecule has 0 N–H and O–H groups in total. The van der Waals surface area contributed by atoms with E-state index in [1.807, 2.05) is 0 Å². The minimum atomic E-state index is -1.07. The van der Waals surface area contributed by atoms with Gasteiger partial charge in [0, 0.05) is 11.6 Å². The van der Waals surface area contributed by atoms with Crippen LogP contribution in [0, 0.1) is 17.0 Å². The maximum atomic E-state index is 12.3. The molecule has 1 heterocycles. The standard InChI is InChI=1S/C15H14N2O5/c1-10-8-12(17(20)21)9-16(14(10)18)13(15(19)22-2)11-6-4-3-5-7-11/h3-9,13H,1-2H3. The van der Waals surface area contributed by atoms with Gasteiger partial charge in [-0.3, -0.25) is 19.5 Å². The highest BCUT2D eigenvalue weighted by molar-refractivity contribution is 5.78. The van der Waals surface area contributed by atoms with E-state index in [9.17, 15) is 19.7 Å². The summed E-state index contributed by atoms with van der Waals surface area (Å²) in [5, 5.41) is 11.0. The number of hydrogen-bond donors (Lipinski definition) is 0. The largest absolute Gasteiger partial charge is 0.467 e. The molecule has 0 spiro atoms. The van der Waals surface area contributed by atoms with E-state index >= 15 is 0 Å². The van der Waals surface area contributed by atoms with Crippen molar-refractivity contribution < 1.29 is 14.5 Å². The maximum Gasteiger partial charge on any atom is 0.333 e. The summed E-state index contributed by atoms with van der Waals surface area (Å²) in [7, 11) is 1.20. The number of benzene rings is 1. The van der Waals surface area contributed by atoms with Crippen molar-refractivity contribution in [1.82, 2.24) is 4.57 Å². The Morgan fingerprint density at radius 1 is 1.32 bits per heavy atom. The second kappa shape index (κ2) is 6.21. The summed E-state index contributed by atoms with van der Waals surface area (Å²) in [6.45, 7) is 1.46. The lowest BCUT2D eigenvalue weighted by Gasteiger charge is -2.18. The third-order valence-corrected chi connectivity index (χ3v) is 3.24. The fraction of sp³-hybridized carbons (Fsp3) is 0.200. The number of nitro groups is 1. The monoisotopic (exact) mass is 302 g/mol. The molecule has 2 rings (SSSR count). The van der Waals surface area contributed by atoms with Crippen molar-refractivity contribution >= 4 is 11.7 Å². The molecule has 1 aromatic heterocycles. The molecule has 7 heteroatoms. The molecule has 0 fully saturated rings. The Labute approximate surface area is 125 Å². The van der Waals surface area contributed by atoms with E-state index in [0.717, 1.165) is 10.8 Å². The van der Waals surface area contributed by atoms with Gasteiger partial charge in [-0.25, -0.2) is 4.79 Å². The first-order valence-corrected chi connectivity index (χ1v) is 6.45. The zero-order valence-electron chi connectivity index (χ0n) is 12.1. The number of nitrogens with zero attached hydrogens (tertiary/aromatic N) is 2. The lowest BCUT2D eigenvalue weighted by atomic mass is 10.1. The van der Waals surface area contributed by atoms with Crippen LogP contribution in [0.4, 0.5) is 5.69 Å². The van der Waals surface area contributed by atoms with Crippen molar-refractivity contribution in [1.29, 1.82) is 0 Å².